The minimum atomic E-state index is -0.400. The summed E-state index contributed by atoms with van der Waals surface area (Å²) >= 11 is 0. The number of hydrogen-bond acceptors (Lipinski definition) is 3. The third-order valence-electron chi connectivity index (χ3n) is 3.56. The third kappa shape index (κ3) is 3.05. The Hall–Kier alpha value is -2.14. The van der Waals surface area contributed by atoms with E-state index in [0.29, 0.717) is 12.1 Å². The minimum absolute atomic E-state index is 0.195. The molecule has 0 bridgehead atoms. The van der Waals surface area contributed by atoms with Gasteiger partial charge in [0.15, 0.2) is 0 Å². The van der Waals surface area contributed by atoms with Crippen molar-refractivity contribution in [1.29, 1.82) is 0 Å². The average molecular weight is 272 g/mol. The number of nitrogens with one attached hydrogen (secondary N) is 1. The highest BCUT2D eigenvalue weighted by Gasteiger charge is 2.11. The van der Waals surface area contributed by atoms with Crippen LogP contribution in [0.1, 0.15) is 40.1 Å². The number of rotatable bonds is 5. The molecule has 0 spiro atoms. The molecule has 5 heteroatoms. The van der Waals surface area contributed by atoms with E-state index in [9.17, 15) is 4.79 Å². The Morgan fingerprint density at radius 2 is 2.25 bits per heavy atom. The third-order valence-corrected chi connectivity index (χ3v) is 3.56. The molecule has 1 heterocycles. The standard InChI is InChI=1S/C15H20N4O/c1-10(14-9-18-19(3)11(14)2)17-8-12-5-4-6-13(7-12)15(16)20/h4-7,9-10,17H,8H2,1-3H3,(H2,16,20). The summed E-state index contributed by atoms with van der Waals surface area (Å²) in [5, 5.41) is 7.68. The Labute approximate surface area is 118 Å². The van der Waals surface area contributed by atoms with Gasteiger partial charge in [0.2, 0.25) is 5.91 Å². The molecule has 106 valence electrons. The van der Waals surface area contributed by atoms with Crippen LogP contribution in [0.2, 0.25) is 0 Å². The number of hydrogen-bond donors (Lipinski definition) is 2. The summed E-state index contributed by atoms with van der Waals surface area (Å²) in [5.74, 6) is -0.400. The van der Waals surface area contributed by atoms with E-state index in [-0.39, 0.29) is 6.04 Å². The van der Waals surface area contributed by atoms with E-state index in [4.69, 9.17) is 5.73 Å². The lowest BCUT2D eigenvalue weighted by molar-refractivity contribution is 0.1000. The minimum Gasteiger partial charge on any atom is -0.366 e. The fourth-order valence-electron chi connectivity index (χ4n) is 2.16. The molecule has 0 radical (unpaired) electrons. The van der Waals surface area contributed by atoms with Crippen molar-refractivity contribution >= 4 is 5.91 Å². The molecule has 20 heavy (non-hydrogen) atoms. The molecule has 2 aromatic rings. The Balaban J connectivity index is 2.03. The highest BCUT2D eigenvalue weighted by atomic mass is 16.1. The van der Waals surface area contributed by atoms with Gasteiger partial charge in [-0.15, -0.1) is 0 Å². The first-order valence-corrected chi connectivity index (χ1v) is 6.59. The van der Waals surface area contributed by atoms with Crippen LogP contribution < -0.4 is 11.1 Å². The Bertz CT molecular complexity index is 618. The molecule has 2 rings (SSSR count). The fourth-order valence-corrected chi connectivity index (χ4v) is 2.16. The summed E-state index contributed by atoms with van der Waals surface area (Å²) in [6.07, 6.45) is 1.88. The van der Waals surface area contributed by atoms with Crippen LogP contribution in [0.25, 0.3) is 0 Å². The molecule has 1 atom stereocenters. The molecule has 1 aromatic carbocycles. The zero-order valence-electron chi connectivity index (χ0n) is 12.1. The van der Waals surface area contributed by atoms with Crippen molar-refractivity contribution < 1.29 is 4.79 Å². The number of primary amides is 1. The Kier molecular flexibility index (Phi) is 4.20. The fraction of sp³-hybridized carbons (Fsp3) is 0.333. The number of aromatic nitrogens is 2. The monoisotopic (exact) mass is 272 g/mol. The number of carbonyl (C=O) groups is 1. The molecule has 5 nitrogen and oxygen atoms in total. The van der Waals surface area contributed by atoms with Gasteiger partial charge in [0.25, 0.3) is 0 Å². The second-order valence-corrected chi connectivity index (χ2v) is 4.98. The van der Waals surface area contributed by atoms with Crippen molar-refractivity contribution in [1.82, 2.24) is 15.1 Å². The lowest BCUT2D eigenvalue weighted by Crippen LogP contribution is -2.19. The maximum Gasteiger partial charge on any atom is 0.248 e. The molecule has 0 aliphatic heterocycles. The second-order valence-electron chi connectivity index (χ2n) is 4.98. The predicted octanol–water partition coefficient (Wildman–Crippen LogP) is 1.68. The van der Waals surface area contributed by atoms with E-state index >= 15 is 0 Å². The highest BCUT2D eigenvalue weighted by molar-refractivity contribution is 5.92. The zero-order valence-corrected chi connectivity index (χ0v) is 12.1. The van der Waals surface area contributed by atoms with Gasteiger partial charge in [-0.05, 0) is 31.5 Å². The van der Waals surface area contributed by atoms with Crippen molar-refractivity contribution in [2.75, 3.05) is 0 Å². The molecule has 0 aliphatic carbocycles. The zero-order chi connectivity index (χ0) is 14.7. The number of carbonyl (C=O) groups excluding carboxylic acids is 1. The molecule has 3 N–H and O–H groups in total. The summed E-state index contributed by atoms with van der Waals surface area (Å²) < 4.78 is 1.86. The van der Waals surface area contributed by atoms with E-state index in [1.165, 1.54) is 5.56 Å². The Morgan fingerprint density at radius 3 is 2.85 bits per heavy atom. The van der Waals surface area contributed by atoms with Gasteiger partial charge >= 0.3 is 0 Å². The van der Waals surface area contributed by atoms with Gasteiger partial charge in [0, 0.05) is 36.5 Å². The number of amides is 1. The molecule has 1 unspecified atom stereocenters. The van der Waals surface area contributed by atoms with Crippen LogP contribution >= 0.6 is 0 Å². The van der Waals surface area contributed by atoms with Gasteiger partial charge in [-0.2, -0.15) is 5.10 Å². The van der Waals surface area contributed by atoms with Crippen LogP contribution in [0.3, 0.4) is 0 Å². The van der Waals surface area contributed by atoms with Crippen molar-refractivity contribution in [3.05, 3.63) is 52.8 Å². The summed E-state index contributed by atoms with van der Waals surface area (Å²) in [4.78, 5) is 11.2. The average Bonchev–Trinajstić information content (AvgIpc) is 2.77. The molecule has 0 aliphatic rings. The van der Waals surface area contributed by atoms with Crippen molar-refractivity contribution in [3.8, 4) is 0 Å². The van der Waals surface area contributed by atoms with Gasteiger partial charge in [-0.25, -0.2) is 0 Å². The largest absolute Gasteiger partial charge is 0.366 e. The molecule has 1 amide bonds. The molecule has 0 saturated carbocycles. The SMILES string of the molecule is Cc1c(C(C)NCc2cccc(C(N)=O)c2)cnn1C. The van der Waals surface area contributed by atoms with E-state index in [1.54, 1.807) is 6.07 Å². The van der Waals surface area contributed by atoms with Crippen LogP contribution in [0.15, 0.2) is 30.5 Å². The van der Waals surface area contributed by atoms with Gasteiger partial charge in [0.1, 0.15) is 0 Å². The molecule has 0 fully saturated rings. The number of benzene rings is 1. The molecule has 1 aromatic heterocycles. The van der Waals surface area contributed by atoms with Gasteiger partial charge < -0.3 is 11.1 Å². The first-order chi connectivity index (χ1) is 9.49. The maximum atomic E-state index is 11.2. The summed E-state index contributed by atoms with van der Waals surface area (Å²) in [5.41, 5.74) is 9.18. The summed E-state index contributed by atoms with van der Waals surface area (Å²) in [7, 11) is 1.93. The second kappa shape index (κ2) is 5.88. The van der Waals surface area contributed by atoms with Crippen LogP contribution in [-0.2, 0) is 13.6 Å². The topological polar surface area (TPSA) is 72.9 Å². The van der Waals surface area contributed by atoms with Gasteiger partial charge in [-0.3, -0.25) is 9.48 Å². The number of aryl methyl sites for hydroxylation is 1. The van der Waals surface area contributed by atoms with E-state index in [1.807, 2.05) is 43.0 Å². The van der Waals surface area contributed by atoms with Crippen molar-refractivity contribution in [2.24, 2.45) is 12.8 Å². The number of nitrogens with zero attached hydrogens (tertiary/aromatic N) is 2. The van der Waals surface area contributed by atoms with E-state index in [0.717, 1.165) is 11.3 Å². The predicted molar refractivity (Wildman–Crippen MR) is 78.2 cm³/mol. The van der Waals surface area contributed by atoms with Gasteiger partial charge in [-0.1, -0.05) is 12.1 Å². The van der Waals surface area contributed by atoms with E-state index < -0.39 is 5.91 Å². The molecule has 0 saturated heterocycles. The van der Waals surface area contributed by atoms with Crippen LogP contribution in [0.4, 0.5) is 0 Å². The highest BCUT2D eigenvalue weighted by Crippen LogP contribution is 2.16. The maximum absolute atomic E-state index is 11.2. The van der Waals surface area contributed by atoms with Crippen LogP contribution in [0, 0.1) is 6.92 Å². The molecular formula is C15H20N4O. The van der Waals surface area contributed by atoms with Gasteiger partial charge in [0.05, 0.1) is 6.20 Å². The lowest BCUT2D eigenvalue weighted by Gasteiger charge is -2.14. The number of nitrogens with two attached hydrogens (primary N) is 1. The summed E-state index contributed by atoms with van der Waals surface area (Å²) in [6.45, 7) is 4.83. The smallest absolute Gasteiger partial charge is 0.248 e. The van der Waals surface area contributed by atoms with Crippen LogP contribution in [-0.4, -0.2) is 15.7 Å². The summed E-state index contributed by atoms with van der Waals surface area (Å²) in [6, 6.07) is 7.55. The Morgan fingerprint density at radius 1 is 1.50 bits per heavy atom. The van der Waals surface area contributed by atoms with Crippen molar-refractivity contribution in [3.63, 3.8) is 0 Å². The van der Waals surface area contributed by atoms with Crippen LogP contribution in [0.5, 0.6) is 0 Å². The quantitative estimate of drug-likeness (QED) is 0.869. The van der Waals surface area contributed by atoms with E-state index in [2.05, 4.69) is 17.3 Å². The molecular weight excluding hydrogens is 252 g/mol. The first kappa shape index (κ1) is 14.3. The lowest BCUT2D eigenvalue weighted by atomic mass is 10.1. The van der Waals surface area contributed by atoms with Crippen molar-refractivity contribution in [2.45, 2.75) is 26.4 Å². The first-order valence-electron chi connectivity index (χ1n) is 6.59. The normalized spacial score (nSPS) is 12.3.